The van der Waals surface area contributed by atoms with E-state index in [9.17, 15) is 4.79 Å². The maximum atomic E-state index is 11.5. The van der Waals surface area contributed by atoms with Crippen molar-refractivity contribution in [1.82, 2.24) is 4.90 Å². The molecule has 0 fully saturated rings. The molecule has 25 heavy (non-hydrogen) atoms. The van der Waals surface area contributed by atoms with Crippen molar-refractivity contribution < 1.29 is 9.53 Å². The van der Waals surface area contributed by atoms with Crippen LogP contribution in [0.4, 0.5) is 0 Å². The third-order valence-electron chi connectivity index (χ3n) is 4.61. The van der Waals surface area contributed by atoms with Crippen LogP contribution in [0.15, 0.2) is 42.5 Å². The number of rotatable bonds is 10. The van der Waals surface area contributed by atoms with Crippen molar-refractivity contribution in [2.45, 2.75) is 33.6 Å². The molecule has 0 amide bonds. The summed E-state index contributed by atoms with van der Waals surface area (Å²) >= 11 is 0. The van der Waals surface area contributed by atoms with Crippen LogP contribution in [0.1, 0.15) is 42.6 Å². The zero-order valence-electron chi connectivity index (χ0n) is 15.6. The van der Waals surface area contributed by atoms with Crippen LogP contribution in [0, 0.1) is 6.92 Å². The van der Waals surface area contributed by atoms with Crippen LogP contribution >= 0.6 is 0 Å². The van der Waals surface area contributed by atoms with Gasteiger partial charge in [-0.05, 0) is 68.2 Å². The van der Waals surface area contributed by atoms with Crippen LogP contribution in [0.25, 0.3) is 11.1 Å². The SMILES string of the molecule is CCN(CC)CCCCOc1ccc(-c2ccccc2C)cc1C=O. The van der Waals surface area contributed by atoms with Gasteiger partial charge in [-0.25, -0.2) is 0 Å². The molecule has 0 aliphatic rings. The zero-order chi connectivity index (χ0) is 18.1. The maximum absolute atomic E-state index is 11.5. The normalized spacial score (nSPS) is 10.9. The summed E-state index contributed by atoms with van der Waals surface area (Å²) in [7, 11) is 0. The number of hydrogen-bond donors (Lipinski definition) is 0. The lowest BCUT2D eigenvalue weighted by Crippen LogP contribution is -2.24. The van der Waals surface area contributed by atoms with Crippen molar-refractivity contribution in [1.29, 1.82) is 0 Å². The van der Waals surface area contributed by atoms with Crippen molar-refractivity contribution >= 4 is 6.29 Å². The number of benzene rings is 2. The Bertz CT molecular complexity index is 677. The summed E-state index contributed by atoms with van der Waals surface area (Å²) in [5, 5.41) is 0. The molecule has 0 saturated carbocycles. The van der Waals surface area contributed by atoms with Gasteiger partial charge in [0.1, 0.15) is 5.75 Å². The van der Waals surface area contributed by atoms with Crippen molar-refractivity contribution in [2.75, 3.05) is 26.2 Å². The largest absolute Gasteiger partial charge is 0.493 e. The lowest BCUT2D eigenvalue weighted by Gasteiger charge is -2.17. The Morgan fingerprint density at radius 3 is 2.48 bits per heavy atom. The first kappa shape index (κ1) is 19.2. The molecule has 2 aromatic carbocycles. The minimum atomic E-state index is 0.615. The molecule has 2 rings (SSSR count). The number of aldehydes is 1. The van der Waals surface area contributed by atoms with Gasteiger partial charge in [0.05, 0.1) is 12.2 Å². The lowest BCUT2D eigenvalue weighted by molar-refractivity contribution is 0.111. The van der Waals surface area contributed by atoms with Gasteiger partial charge < -0.3 is 9.64 Å². The molecule has 0 unspecified atom stereocenters. The third kappa shape index (κ3) is 5.43. The Morgan fingerprint density at radius 1 is 1.04 bits per heavy atom. The molecule has 0 aliphatic carbocycles. The summed E-state index contributed by atoms with van der Waals surface area (Å²) in [6.45, 7) is 10.4. The van der Waals surface area contributed by atoms with E-state index >= 15 is 0 Å². The van der Waals surface area contributed by atoms with E-state index in [-0.39, 0.29) is 0 Å². The van der Waals surface area contributed by atoms with Crippen LogP contribution in [-0.4, -0.2) is 37.4 Å². The first-order valence-electron chi connectivity index (χ1n) is 9.20. The van der Waals surface area contributed by atoms with Gasteiger partial charge in [0.25, 0.3) is 0 Å². The molecule has 0 aliphatic heterocycles. The minimum absolute atomic E-state index is 0.615. The molecule has 0 radical (unpaired) electrons. The average molecular weight is 339 g/mol. The number of ether oxygens (including phenoxy) is 1. The van der Waals surface area contributed by atoms with Crippen LogP contribution in [-0.2, 0) is 0 Å². The monoisotopic (exact) mass is 339 g/mol. The Labute approximate surface area is 151 Å². The highest BCUT2D eigenvalue weighted by molar-refractivity contribution is 5.83. The van der Waals surface area contributed by atoms with Crippen molar-refractivity contribution in [3.63, 3.8) is 0 Å². The van der Waals surface area contributed by atoms with Gasteiger partial charge in [0, 0.05) is 0 Å². The van der Waals surface area contributed by atoms with E-state index in [1.165, 1.54) is 5.56 Å². The molecule has 0 spiro atoms. The molecular formula is C22H29NO2. The van der Waals surface area contributed by atoms with E-state index in [1.807, 2.05) is 30.3 Å². The predicted octanol–water partition coefficient (Wildman–Crippen LogP) is 4.98. The second-order valence-electron chi connectivity index (χ2n) is 6.27. The third-order valence-corrected chi connectivity index (χ3v) is 4.61. The highest BCUT2D eigenvalue weighted by Crippen LogP contribution is 2.28. The zero-order valence-corrected chi connectivity index (χ0v) is 15.6. The fourth-order valence-electron chi connectivity index (χ4n) is 3.00. The van der Waals surface area contributed by atoms with E-state index in [2.05, 4.69) is 37.8 Å². The summed E-state index contributed by atoms with van der Waals surface area (Å²) in [5.41, 5.74) is 4.01. The van der Waals surface area contributed by atoms with Crippen LogP contribution in [0.3, 0.4) is 0 Å². The van der Waals surface area contributed by atoms with Gasteiger partial charge in [0.2, 0.25) is 0 Å². The minimum Gasteiger partial charge on any atom is -0.493 e. The van der Waals surface area contributed by atoms with Crippen LogP contribution in [0.5, 0.6) is 5.75 Å². The molecule has 0 aromatic heterocycles. The quantitative estimate of drug-likeness (QED) is 0.452. The van der Waals surface area contributed by atoms with E-state index < -0.39 is 0 Å². The van der Waals surface area contributed by atoms with E-state index in [4.69, 9.17) is 4.74 Å². The number of aryl methyl sites for hydroxylation is 1. The van der Waals surface area contributed by atoms with Gasteiger partial charge in [-0.1, -0.05) is 44.2 Å². The van der Waals surface area contributed by atoms with Gasteiger partial charge >= 0.3 is 0 Å². The summed E-state index contributed by atoms with van der Waals surface area (Å²) in [6, 6.07) is 14.1. The molecule has 2 aromatic rings. The Hall–Kier alpha value is -2.13. The molecule has 0 saturated heterocycles. The van der Waals surface area contributed by atoms with Crippen molar-refractivity contribution in [2.24, 2.45) is 0 Å². The Balaban J connectivity index is 1.96. The second kappa shape index (κ2) is 10.00. The number of unbranched alkanes of at least 4 members (excludes halogenated alkanes) is 1. The summed E-state index contributed by atoms with van der Waals surface area (Å²) in [4.78, 5) is 13.9. The second-order valence-corrected chi connectivity index (χ2v) is 6.27. The topological polar surface area (TPSA) is 29.5 Å². The number of carbonyl (C=O) groups is 1. The van der Waals surface area contributed by atoms with E-state index in [0.29, 0.717) is 17.9 Å². The number of nitrogens with zero attached hydrogens (tertiary/aromatic N) is 1. The van der Waals surface area contributed by atoms with Gasteiger partial charge in [-0.3, -0.25) is 4.79 Å². The van der Waals surface area contributed by atoms with Gasteiger partial charge in [0.15, 0.2) is 6.29 Å². The van der Waals surface area contributed by atoms with Crippen LogP contribution < -0.4 is 4.74 Å². The van der Waals surface area contributed by atoms with Crippen molar-refractivity contribution in [3.8, 4) is 16.9 Å². The molecule has 0 N–H and O–H groups in total. The summed E-state index contributed by atoms with van der Waals surface area (Å²) in [6.07, 6.45) is 2.99. The molecule has 3 nitrogen and oxygen atoms in total. The maximum Gasteiger partial charge on any atom is 0.153 e. The summed E-state index contributed by atoms with van der Waals surface area (Å²) in [5.74, 6) is 0.676. The highest BCUT2D eigenvalue weighted by atomic mass is 16.5. The van der Waals surface area contributed by atoms with Crippen molar-refractivity contribution in [3.05, 3.63) is 53.6 Å². The number of hydrogen-bond acceptors (Lipinski definition) is 3. The van der Waals surface area contributed by atoms with Gasteiger partial charge in [-0.15, -0.1) is 0 Å². The van der Waals surface area contributed by atoms with E-state index in [0.717, 1.165) is 49.9 Å². The predicted molar refractivity (Wildman–Crippen MR) is 105 cm³/mol. The average Bonchev–Trinajstić information content (AvgIpc) is 2.65. The Kier molecular flexibility index (Phi) is 7.68. The van der Waals surface area contributed by atoms with Crippen LogP contribution in [0.2, 0.25) is 0 Å². The molecule has 0 bridgehead atoms. The first-order valence-corrected chi connectivity index (χ1v) is 9.20. The molecular weight excluding hydrogens is 310 g/mol. The van der Waals surface area contributed by atoms with Gasteiger partial charge in [-0.2, -0.15) is 0 Å². The molecule has 3 heteroatoms. The summed E-state index contributed by atoms with van der Waals surface area (Å²) < 4.78 is 5.85. The smallest absolute Gasteiger partial charge is 0.153 e. The molecule has 0 atom stereocenters. The van der Waals surface area contributed by atoms with E-state index in [1.54, 1.807) is 0 Å². The molecule has 134 valence electrons. The fourth-order valence-corrected chi connectivity index (χ4v) is 3.00. The Morgan fingerprint density at radius 2 is 1.80 bits per heavy atom. The lowest BCUT2D eigenvalue weighted by atomic mass is 9.99. The standard InChI is InChI=1S/C22H29NO2/c1-4-23(5-2)14-8-9-15-25-22-13-12-19(16-20(22)17-24)21-11-7-6-10-18(21)3/h6-7,10-13,16-17H,4-5,8-9,14-15H2,1-3H3. The highest BCUT2D eigenvalue weighted by Gasteiger charge is 2.08. The molecule has 0 heterocycles. The fraction of sp³-hybridized carbons (Fsp3) is 0.409. The first-order chi connectivity index (χ1) is 12.2. The number of carbonyl (C=O) groups excluding carboxylic acids is 1.